The van der Waals surface area contributed by atoms with E-state index in [0.29, 0.717) is 5.75 Å². The number of phenols is 1. The predicted molar refractivity (Wildman–Crippen MR) is 56.6 cm³/mol. The first kappa shape index (κ1) is 9.15. The molecule has 0 atom stereocenters. The van der Waals surface area contributed by atoms with Crippen molar-refractivity contribution in [3.8, 4) is 17.2 Å². The molecule has 1 heterocycles. The second-order valence-corrected chi connectivity index (χ2v) is 3.68. The highest BCUT2D eigenvalue weighted by atomic mass is 32.1. The van der Waals surface area contributed by atoms with E-state index in [0.717, 1.165) is 15.8 Å². The molecule has 0 saturated heterocycles. The molecule has 0 fully saturated rings. The third-order valence-corrected chi connectivity index (χ3v) is 3.04. The second kappa shape index (κ2) is 3.38. The largest absolute Gasteiger partial charge is 0.504 e. The van der Waals surface area contributed by atoms with Crippen LogP contribution < -0.4 is 9.47 Å². The summed E-state index contributed by atoms with van der Waals surface area (Å²) in [5.41, 5.74) is 0. The number of ether oxygens (including phenoxy) is 2. The van der Waals surface area contributed by atoms with Crippen LogP contribution in [0.15, 0.2) is 17.5 Å². The van der Waals surface area contributed by atoms with Gasteiger partial charge in [-0.05, 0) is 12.1 Å². The van der Waals surface area contributed by atoms with Crippen LogP contribution >= 0.6 is 11.3 Å². The molecule has 1 aromatic carbocycles. The molecule has 0 aliphatic rings. The molecule has 2 rings (SSSR count). The lowest BCUT2D eigenvalue weighted by atomic mass is 10.2. The van der Waals surface area contributed by atoms with Gasteiger partial charge in [-0.25, -0.2) is 0 Å². The van der Waals surface area contributed by atoms with Crippen molar-refractivity contribution in [2.24, 2.45) is 0 Å². The maximum Gasteiger partial charge on any atom is 0.178 e. The predicted octanol–water partition coefficient (Wildman–Crippen LogP) is 2.62. The van der Waals surface area contributed by atoms with Crippen LogP contribution in [0.2, 0.25) is 0 Å². The summed E-state index contributed by atoms with van der Waals surface area (Å²) >= 11 is 1.49. The molecule has 1 N–H and O–H groups in total. The Morgan fingerprint density at radius 2 is 2.00 bits per heavy atom. The van der Waals surface area contributed by atoms with E-state index in [9.17, 15) is 5.11 Å². The van der Waals surface area contributed by atoms with Gasteiger partial charge in [0.2, 0.25) is 0 Å². The number of hydrogen-bond acceptors (Lipinski definition) is 4. The lowest BCUT2D eigenvalue weighted by molar-refractivity contribution is 0.378. The summed E-state index contributed by atoms with van der Waals surface area (Å²) in [5.74, 6) is 1.48. The molecule has 0 saturated carbocycles. The van der Waals surface area contributed by atoms with Crippen LogP contribution in [0.5, 0.6) is 17.2 Å². The van der Waals surface area contributed by atoms with E-state index in [4.69, 9.17) is 9.47 Å². The fraction of sp³-hybridized carbons (Fsp3) is 0.200. The maximum absolute atomic E-state index is 9.53. The summed E-state index contributed by atoms with van der Waals surface area (Å²) in [5, 5.41) is 12.4. The van der Waals surface area contributed by atoms with E-state index in [1.165, 1.54) is 11.3 Å². The molecule has 4 heteroatoms. The quantitative estimate of drug-likeness (QED) is 0.828. The summed E-state index contributed by atoms with van der Waals surface area (Å²) in [6.07, 6.45) is 0. The molecule has 0 unspecified atom stereocenters. The van der Waals surface area contributed by atoms with Gasteiger partial charge in [-0.2, -0.15) is 0 Å². The Bertz CT molecular complexity index is 462. The normalized spacial score (nSPS) is 10.4. The van der Waals surface area contributed by atoms with Crippen LogP contribution in [0, 0.1) is 0 Å². The molecule has 0 bridgehead atoms. The third-order valence-electron chi connectivity index (χ3n) is 2.06. The Morgan fingerprint density at radius 1 is 1.21 bits per heavy atom. The number of thiophene rings is 1. The number of phenolic OH excluding ortho intramolecular Hbond substituents is 1. The first-order chi connectivity index (χ1) is 6.77. The number of fused-ring (bicyclic) bond motifs is 1. The summed E-state index contributed by atoms with van der Waals surface area (Å²) in [6, 6.07) is 3.43. The molecule has 0 radical (unpaired) electrons. The molecule has 14 heavy (non-hydrogen) atoms. The summed E-state index contributed by atoms with van der Waals surface area (Å²) in [4.78, 5) is 0. The highest BCUT2D eigenvalue weighted by Crippen LogP contribution is 2.42. The SMILES string of the molecule is COc1csc2c(OC)c(O)ccc12. The van der Waals surface area contributed by atoms with Gasteiger partial charge in [0.15, 0.2) is 11.5 Å². The zero-order chi connectivity index (χ0) is 10.1. The number of rotatable bonds is 2. The van der Waals surface area contributed by atoms with Gasteiger partial charge in [0.1, 0.15) is 5.75 Å². The number of aromatic hydroxyl groups is 1. The lowest BCUT2D eigenvalue weighted by Gasteiger charge is -2.04. The van der Waals surface area contributed by atoms with Crippen LogP contribution in [0.1, 0.15) is 0 Å². The van der Waals surface area contributed by atoms with E-state index in [1.807, 2.05) is 11.4 Å². The molecule has 0 aliphatic carbocycles. The van der Waals surface area contributed by atoms with Gasteiger partial charge in [0.05, 0.1) is 18.9 Å². The zero-order valence-corrected chi connectivity index (χ0v) is 8.72. The Labute approximate surface area is 85.5 Å². The molecule has 1 aromatic heterocycles. The monoisotopic (exact) mass is 210 g/mol. The van der Waals surface area contributed by atoms with Crippen molar-refractivity contribution in [1.29, 1.82) is 0 Å². The van der Waals surface area contributed by atoms with E-state index in [-0.39, 0.29) is 5.75 Å². The standard InChI is InChI=1S/C10H10O3S/c1-12-8-5-14-10-6(8)3-4-7(11)9(10)13-2/h3-5,11H,1-2H3. The molecular formula is C10H10O3S. The van der Waals surface area contributed by atoms with Crippen molar-refractivity contribution in [2.75, 3.05) is 14.2 Å². The second-order valence-electron chi connectivity index (χ2n) is 2.80. The first-order valence-corrected chi connectivity index (χ1v) is 4.97. The average Bonchev–Trinajstić information content (AvgIpc) is 2.60. The number of methoxy groups -OCH3 is 2. The minimum Gasteiger partial charge on any atom is -0.504 e. The van der Waals surface area contributed by atoms with Crippen LogP contribution in [0.4, 0.5) is 0 Å². The van der Waals surface area contributed by atoms with Crippen LogP contribution in [0.3, 0.4) is 0 Å². The smallest absolute Gasteiger partial charge is 0.178 e. The number of benzene rings is 1. The van der Waals surface area contributed by atoms with Crippen molar-refractivity contribution in [2.45, 2.75) is 0 Å². The van der Waals surface area contributed by atoms with E-state index in [2.05, 4.69) is 0 Å². The minimum absolute atomic E-state index is 0.157. The molecule has 0 spiro atoms. The fourth-order valence-electron chi connectivity index (χ4n) is 1.39. The number of hydrogen-bond donors (Lipinski definition) is 1. The van der Waals surface area contributed by atoms with Gasteiger partial charge in [0.25, 0.3) is 0 Å². The summed E-state index contributed by atoms with van der Waals surface area (Å²) in [7, 11) is 3.17. The van der Waals surface area contributed by atoms with Gasteiger partial charge in [-0.3, -0.25) is 0 Å². The Hall–Kier alpha value is -1.42. The average molecular weight is 210 g/mol. The lowest BCUT2D eigenvalue weighted by Crippen LogP contribution is -1.84. The third kappa shape index (κ3) is 1.19. The van der Waals surface area contributed by atoms with Crippen LogP contribution in [-0.4, -0.2) is 19.3 Å². The van der Waals surface area contributed by atoms with Crippen molar-refractivity contribution in [1.82, 2.24) is 0 Å². The molecule has 2 aromatic rings. The van der Waals surface area contributed by atoms with Gasteiger partial charge in [-0.15, -0.1) is 11.3 Å². The minimum atomic E-state index is 0.157. The summed E-state index contributed by atoms with van der Waals surface area (Å²) in [6.45, 7) is 0. The molecule has 0 aliphatic heterocycles. The highest BCUT2D eigenvalue weighted by molar-refractivity contribution is 7.18. The Balaban J connectivity index is 2.76. The van der Waals surface area contributed by atoms with Gasteiger partial charge >= 0.3 is 0 Å². The van der Waals surface area contributed by atoms with Crippen LogP contribution in [-0.2, 0) is 0 Å². The van der Waals surface area contributed by atoms with E-state index >= 15 is 0 Å². The molecule has 74 valence electrons. The Morgan fingerprint density at radius 3 is 2.64 bits per heavy atom. The molecular weight excluding hydrogens is 200 g/mol. The topological polar surface area (TPSA) is 38.7 Å². The molecule has 0 amide bonds. The van der Waals surface area contributed by atoms with Crippen molar-refractivity contribution in [3.05, 3.63) is 17.5 Å². The van der Waals surface area contributed by atoms with Crippen molar-refractivity contribution >= 4 is 21.4 Å². The van der Waals surface area contributed by atoms with Crippen molar-refractivity contribution < 1.29 is 14.6 Å². The highest BCUT2D eigenvalue weighted by Gasteiger charge is 2.12. The van der Waals surface area contributed by atoms with E-state index < -0.39 is 0 Å². The van der Waals surface area contributed by atoms with Crippen molar-refractivity contribution in [3.63, 3.8) is 0 Å². The van der Waals surface area contributed by atoms with Gasteiger partial charge in [-0.1, -0.05) is 0 Å². The Kier molecular flexibility index (Phi) is 2.21. The van der Waals surface area contributed by atoms with Crippen LogP contribution in [0.25, 0.3) is 10.1 Å². The van der Waals surface area contributed by atoms with Gasteiger partial charge in [0, 0.05) is 10.8 Å². The zero-order valence-electron chi connectivity index (χ0n) is 7.90. The maximum atomic E-state index is 9.53. The van der Waals surface area contributed by atoms with E-state index in [1.54, 1.807) is 20.3 Å². The molecule has 3 nitrogen and oxygen atoms in total. The summed E-state index contributed by atoms with van der Waals surface area (Å²) < 4.78 is 11.2. The van der Waals surface area contributed by atoms with Gasteiger partial charge < -0.3 is 14.6 Å². The fourth-order valence-corrected chi connectivity index (χ4v) is 2.43. The first-order valence-electron chi connectivity index (χ1n) is 4.09.